The van der Waals surface area contributed by atoms with Crippen LogP contribution in [0.4, 0.5) is 4.39 Å². The lowest BCUT2D eigenvalue weighted by Gasteiger charge is -2.09. The van der Waals surface area contributed by atoms with Crippen molar-refractivity contribution in [3.63, 3.8) is 0 Å². The lowest BCUT2D eigenvalue weighted by molar-refractivity contribution is 0.0945. The van der Waals surface area contributed by atoms with Gasteiger partial charge in [-0.1, -0.05) is 11.3 Å². The molecule has 0 saturated heterocycles. The molecular formula is C24H21FN6O3S. The third-order valence-electron chi connectivity index (χ3n) is 5.39. The minimum atomic E-state index is -0.310. The Morgan fingerprint density at radius 3 is 2.66 bits per heavy atom. The molecule has 0 atom stereocenters. The number of hydrogen-bond donors (Lipinski definition) is 1. The van der Waals surface area contributed by atoms with Crippen LogP contribution in [-0.4, -0.2) is 44.5 Å². The van der Waals surface area contributed by atoms with Gasteiger partial charge in [0.05, 0.1) is 39.2 Å². The van der Waals surface area contributed by atoms with E-state index in [1.165, 1.54) is 23.5 Å². The number of imidazole rings is 1. The molecule has 0 radical (unpaired) electrons. The highest BCUT2D eigenvalue weighted by molar-refractivity contribution is 7.15. The lowest BCUT2D eigenvalue weighted by Crippen LogP contribution is -2.24. The Kier molecular flexibility index (Phi) is 6.15. The Bertz CT molecular complexity index is 1490. The van der Waals surface area contributed by atoms with Gasteiger partial charge in [0.25, 0.3) is 5.91 Å². The molecule has 0 aliphatic carbocycles. The molecule has 0 spiro atoms. The molecule has 0 aliphatic rings. The van der Waals surface area contributed by atoms with Crippen LogP contribution in [0, 0.1) is 5.82 Å². The van der Waals surface area contributed by atoms with Crippen LogP contribution < -0.4 is 14.8 Å². The summed E-state index contributed by atoms with van der Waals surface area (Å²) >= 11 is 1.36. The molecule has 0 bridgehead atoms. The Labute approximate surface area is 203 Å². The molecule has 11 heteroatoms. The first kappa shape index (κ1) is 22.5. The summed E-state index contributed by atoms with van der Waals surface area (Å²) in [6.07, 6.45) is 3.55. The van der Waals surface area contributed by atoms with Crippen molar-refractivity contribution in [3.05, 3.63) is 83.0 Å². The van der Waals surface area contributed by atoms with Gasteiger partial charge < -0.3 is 14.8 Å². The van der Waals surface area contributed by atoms with E-state index in [0.717, 1.165) is 11.1 Å². The smallest absolute Gasteiger partial charge is 0.269 e. The van der Waals surface area contributed by atoms with Crippen molar-refractivity contribution in [1.82, 2.24) is 29.7 Å². The van der Waals surface area contributed by atoms with E-state index >= 15 is 0 Å². The summed E-state index contributed by atoms with van der Waals surface area (Å²) < 4.78 is 27.2. The molecule has 3 aromatic heterocycles. The first-order valence-electron chi connectivity index (χ1n) is 10.6. The summed E-state index contributed by atoms with van der Waals surface area (Å²) in [5.74, 6) is 0.731. The molecule has 1 N–H and O–H groups in total. The Morgan fingerprint density at radius 2 is 1.89 bits per heavy atom. The maximum Gasteiger partial charge on any atom is 0.269 e. The monoisotopic (exact) mass is 492 g/mol. The maximum atomic E-state index is 13.2. The normalized spacial score (nSPS) is 11.1. The molecule has 5 aromatic rings. The number of carbonyl (C=O) groups excluding carboxylic acids is 1. The second-order valence-corrected chi connectivity index (χ2v) is 8.52. The SMILES string of the molecule is COc1ccc(Cn2cc(CNC(=O)c3csc4nc(-c5ccc(F)cc5)cn34)nn2)cc1OC. The number of carbonyl (C=O) groups is 1. The minimum absolute atomic E-state index is 0.224. The fourth-order valence-corrected chi connectivity index (χ4v) is 4.48. The van der Waals surface area contributed by atoms with Crippen LogP contribution in [0.1, 0.15) is 21.7 Å². The average molecular weight is 493 g/mol. The van der Waals surface area contributed by atoms with Crippen LogP contribution in [0.25, 0.3) is 16.2 Å². The molecular weight excluding hydrogens is 471 g/mol. The standard InChI is InChI=1S/C24H21FN6O3S/c1-33-21-8-3-15(9-22(21)34-2)11-30-12-18(28-29-30)10-26-23(32)20-14-35-24-27-19(13-31(20)24)16-4-6-17(25)7-5-16/h3-9,12-14H,10-11H2,1-2H3,(H,26,32). The number of hydrogen-bond acceptors (Lipinski definition) is 7. The van der Waals surface area contributed by atoms with Crippen molar-refractivity contribution in [2.24, 2.45) is 0 Å². The van der Waals surface area contributed by atoms with Crippen LogP contribution in [0.2, 0.25) is 0 Å². The summed E-state index contributed by atoms with van der Waals surface area (Å²) in [5.41, 5.74) is 3.51. The van der Waals surface area contributed by atoms with Gasteiger partial charge in [-0.25, -0.2) is 14.1 Å². The van der Waals surface area contributed by atoms with Gasteiger partial charge in [-0.3, -0.25) is 9.20 Å². The molecule has 5 rings (SSSR count). The molecule has 2 aromatic carbocycles. The number of ether oxygens (including phenoxy) is 2. The Morgan fingerprint density at radius 1 is 1.09 bits per heavy atom. The fraction of sp³-hybridized carbons (Fsp3) is 0.167. The molecule has 1 amide bonds. The highest BCUT2D eigenvalue weighted by Crippen LogP contribution is 2.28. The second-order valence-electron chi connectivity index (χ2n) is 7.69. The zero-order valence-corrected chi connectivity index (χ0v) is 19.8. The second kappa shape index (κ2) is 9.55. The number of aromatic nitrogens is 5. The van der Waals surface area contributed by atoms with Gasteiger partial charge in [-0.2, -0.15) is 0 Å². The number of amides is 1. The van der Waals surface area contributed by atoms with Crippen molar-refractivity contribution in [3.8, 4) is 22.8 Å². The van der Waals surface area contributed by atoms with E-state index in [2.05, 4.69) is 20.6 Å². The molecule has 0 unspecified atom stereocenters. The fourth-order valence-electron chi connectivity index (χ4n) is 3.63. The van der Waals surface area contributed by atoms with Gasteiger partial charge in [-0.05, 0) is 42.0 Å². The number of thiazole rings is 1. The van der Waals surface area contributed by atoms with Crippen LogP contribution in [-0.2, 0) is 13.1 Å². The van der Waals surface area contributed by atoms with E-state index in [1.807, 2.05) is 18.2 Å². The minimum Gasteiger partial charge on any atom is -0.493 e. The third kappa shape index (κ3) is 4.71. The first-order valence-corrected chi connectivity index (χ1v) is 11.5. The Hall–Kier alpha value is -4.25. The number of benzene rings is 2. The summed E-state index contributed by atoms with van der Waals surface area (Å²) in [5, 5.41) is 12.9. The van der Waals surface area contributed by atoms with Crippen molar-refractivity contribution in [1.29, 1.82) is 0 Å². The average Bonchev–Trinajstić information content (AvgIpc) is 3.59. The van der Waals surface area contributed by atoms with Crippen molar-refractivity contribution in [2.45, 2.75) is 13.1 Å². The third-order valence-corrected chi connectivity index (χ3v) is 6.23. The van der Waals surface area contributed by atoms with E-state index < -0.39 is 0 Å². The van der Waals surface area contributed by atoms with E-state index in [1.54, 1.807) is 53.2 Å². The first-order chi connectivity index (χ1) is 17.0. The highest BCUT2D eigenvalue weighted by Gasteiger charge is 2.16. The number of rotatable bonds is 8. The predicted molar refractivity (Wildman–Crippen MR) is 128 cm³/mol. The largest absolute Gasteiger partial charge is 0.493 e. The van der Waals surface area contributed by atoms with Gasteiger partial charge >= 0.3 is 0 Å². The zero-order chi connectivity index (χ0) is 24.4. The quantitative estimate of drug-likeness (QED) is 0.354. The summed E-state index contributed by atoms with van der Waals surface area (Å²) in [6, 6.07) is 11.7. The topological polar surface area (TPSA) is 95.6 Å². The number of methoxy groups -OCH3 is 2. The summed E-state index contributed by atoms with van der Waals surface area (Å²) in [4.78, 5) is 18.0. The molecule has 0 fully saturated rings. The van der Waals surface area contributed by atoms with Gasteiger partial charge in [-0.15, -0.1) is 16.4 Å². The predicted octanol–water partition coefficient (Wildman–Crippen LogP) is 3.79. The molecule has 0 aliphatic heterocycles. The molecule has 0 saturated carbocycles. The van der Waals surface area contributed by atoms with E-state index in [-0.39, 0.29) is 18.3 Å². The molecule has 178 valence electrons. The summed E-state index contributed by atoms with van der Waals surface area (Å²) in [6.45, 7) is 0.718. The van der Waals surface area contributed by atoms with E-state index in [9.17, 15) is 9.18 Å². The van der Waals surface area contributed by atoms with Gasteiger partial charge in [0.2, 0.25) is 0 Å². The van der Waals surface area contributed by atoms with Gasteiger partial charge in [0.15, 0.2) is 16.5 Å². The van der Waals surface area contributed by atoms with Crippen molar-refractivity contribution >= 4 is 22.2 Å². The zero-order valence-electron chi connectivity index (χ0n) is 18.9. The van der Waals surface area contributed by atoms with E-state index in [4.69, 9.17) is 9.47 Å². The number of nitrogens with one attached hydrogen (secondary N) is 1. The molecule has 35 heavy (non-hydrogen) atoms. The Balaban J connectivity index is 1.24. The number of halogens is 1. The maximum absolute atomic E-state index is 13.2. The van der Waals surface area contributed by atoms with Crippen LogP contribution >= 0.6 is 11.3 Å². The van der Waals surface area contributed by atoms with Crippen molar-refractivity contribution < 1.29 is 18.7 Å². The number of fused-ring (bicyclic) bond motifs is 1. The number of nitrogens with zero attached hydrogens (tertiary/aromatic N) is 5. The molecule has 3 heterocycles. The summed E-state index contributed by atoms with van der Waals surface area (Å²) in [7, 11) is 3.18. The van der Waals surface area contributed by atoms with Gasteiger partial charge in [0, 0.05) is 17.1 Å². The van der Waals surface area contributed by atoms with Crippen LogP contribution in [0.5, 0.6) is 11.5 Å². The van der Waals surface area contributed by atoms with Crippen molar-refractivity contribution in [2.75, 3.05) is 14.2 Å². The lowest BCUT2D eigenvalue weighted by atomic mass is 10.2. The molecule has 9 nitrogen and oxygen atoms in total. The van der Waals surface area contributed by atoms with E-state index in [0.29, 0.717) is 40.1 Å². The van der Waals surface area contributed by atoms with Crippen LogP contribution in [0.15, 0.2) is 60.2 Å². The van der Waals surface area contributed by atoms with Crippen LogP contribution in [0.3, 0.4) is 0 Å². The van der Waals surface area contributed by atoms with Gasteiger partial charge in [0.1, 0.15) is 17.2 Å². The highest BCUT2D eigenvalue weighted by atomic mass is 32.1.